The number of fused-ring (bicyclic) bond motifs is 1. The molecule has 0 unspecified atom stereocenters. The molecule has 80 valence electrons. The Morgan fingerprint density at radius 3 is 3.25 bits per heavy atom. The summed E-state index contributed by atoms with van der Waals surface area (Å²) in [6, 6.07) is 3.45. The average Bonchev–Trinajstić information content (AvgIpc) is 2.62. The number of carbonyl (C=O) groups excluding carboxylic acids is 1. The third-order valence-corrected chi connectivity index (χ3v) is 2.04. The van der Waals surface area contributed by atoms with Crippen molar-refractivity contribution in [2.45, 2.75) is 6.92 Å². The fourth-order valence-electron chi connectivity index (χ4n) is 1.41. The van der Waals surface area contributed by atoms with Gasteiger partial charge in [0, 0.05) is 12.4 Å². The number of esters is 1. The van der Waals surface area contributed by atoms with Crippen LogP contribution in [-0.2, 0) is 4.74 Å². The zero-order valence-electron chi connectivity index (χ0n) is 8.54. The van der Waals surface area contributed by atoms with Crippen LogP contribution in [-0.4, -0.2) is 27.2 Å². The van der Waals surface area contributed by atoms with Gasteiger partial charge in [-0.25, -0.2) is 14.3 Å². The van der Waals surface area contributed by atoms with E-state index in [1.165, 1.54) is 4.52 Å². The largest absolute Gasteiger partial charge is 0.447 e. The number of carbonyl (C=O) groups is 1. The van der Waals surface area contributed by atoms with Crippen molar-refractivity contribution in [1.29, 1.82) is 5.26 Å². The maximum absolute atomic E-state index is 11.6. The highest BCUT2D eigenvalue weighted by molar-refractivity contribution is 5.97. The van der Waals surface area contributed by atoms with Crippen molar-refractivity contribution in [2.75, 3.05) is 6.61 Å². The highest BCUT2D eigenvalue weighted by Crippen LogP contribution is 2.13. The van der Waals surface area contributed by atoms with Crippen LogP contribution in [0.3, 0.4) is 0 Å². The number of ether oxygens (including phenoxy) is 1. The second-order valence-electron chi connectivity index (χ2n) is 3.08. The summed E-state index contributed by atoms with van der Waals surface area (Å²) in [4.78, 5) is 15.7. The first-order valence-corrected chi connectivity index (χ1v) is 4.58. The van der Waals surface area contributed by atoms with Crippen molar-refractivity contribution in [3.63, 3.8) is 0 Å². The topological polar surface area (TPSA) is 80.3 Å². The zero-order valence-corrected chi connectivity index (χ0v) is 8.54. The second-order valence-corrected chi connectivity index (χ2v) is 3.08. The summed E-state index contributed by atoms with van der Waals surface area (Å²) >= 11 is 0. The van der Waals surface area contributed by atoms with Crippen LogP contribution >= 0.6 is 0 Å². The average molecular weight is 216 g/mol. The van der Waals surface area contributed by atoms with Crippen molar-refractivity contribution in [2.24, 2.45) is 0 Å². The molecule has 6 heteroatoms. The molecule has 2 aromatic heterocycles. The van der Waals surface area contributed by atoms with Crippen LogP contribution < -0.4 is 0 Å². The van der Waals surface area contributed by atoms with Crippen LogP contribution in [0.1, 0.15) is 16.1 Å². The van der Waals surface area contributed by atoms with Gasteiger partial charge in [-0.3, -0.25) is 0 Å². The first-order valence-electron chi connectivity index (χ1n) is 4.58. The quantitative estimate of drug-likeness (QED) is 0.691. The molecule has 0 fully saturated rings. The van der Waals surface area contributed by atoms with Crippen LogP contribution in [0.5, 0.6) is 0 Å². The number of aromatic nitrogens is 3. The van der Waals surface area contributed by atoms with E-state index >= 15 is 0 Å². The lowest BCUT2D eigenvalue weighted by Gasteiger charge is -1.98. The van der Waals surface area contributed by atoms with Gasteiger partial charge in [-0.05, 0) is 13.0 Å². The van der Waals surface area contributed by atoms with Crippen molar-refractivity contribution in [3.05, 3.63) is 29.7 Å². The number of hydrogen-bond acceptors (Lipinski definition) is 5. The van der Waals surface area contributed by atoms with Gasteiger partial charge in [-0.1, -0.05) is 0 Å². The number of aryl methyl sites for hydroxylation is 1. The molecule has 0 aliphatic heterocycles. The van der Waals surface area contributed by atoms with E-state index in [9.17, 15) is 4.79 Å². The van der Waals surface area contributed by atoms with E-state index in [1.54, 1.807) is 31.5 Å². The minimum Gasteiger partial charge on any atom is -0.447 e. The normalized spacial score (nSPS) is 10.0. The van der Waals surface area contributed by atoms with Crippen molar-refractivity contribution in [1.82, 2.24) is 14.6 Å². The summed E-state index contributed by atoms with van der Waals surface area (Å²) < 4.78 is 6.23. The molecule has 0 atom stereocenters. The third kappa shape index (κ3) is 1.59. The Labute approximate surface area is 91.1 Å². The van der Waals surface area contributed by atoms with Gasteiger partial charge in [0.1, 0.15) is 11.6 Å². The Kier molecular flexibility index (Phi) is 2.52. The molecular weight excluding hydrogens is 208 g/mol. The minimum atomic E-state index is -0.576. The molecule has 0 aliphatic carbocycles. The Bertz CT molecular complexity index is 582. The molecule has 0 aromatic carbocycles. The van der Waals surface area contributed by atoms with Gasteiger partial charge in [-0.2, -0.15) is 10.4 Å². The molecule has 6 nitrogen and oxygen atoms in total. The SMILES string of the molecule is Cc1nn2cccnc2c1C(=O)OCC#N. The highest BCUT2D eigenvalue weighted by Gasteiger charge is 2.19. The molecule has 0 amide bonds. The summed E-state index contributed by atoms with van der Waals surface area (Å²) in [5.74, 6) is -0.576. The monoisotopic (exact) mass is 216 g/mol. The summed E-state index contributed by atoms with van der Waals surface area (Å²) in [6.45, 7) is 1.42. The summed E-state index contributed by atoms with van der Waals surface area (Å²) in [5.41, 5.74) is 1.26. The maximum Gasteiger partial charge on any atom is 0.344 e. The summed E-state index contributed by atoms with van der Waals surface area (Å²) in [5, 5.41) is 12.4. The van der Waals surface area contributed by atoms with Crippen LogP contribution in [0, 0.1) is 18.3 Å². The second kappa shape index (κ2) is 3.98. The lowest BCUT2D eigenvalue weighted by molar-refractivity contribution is 0.0556. The predicted molar refractivity (Wildman–Crippen MR) is 53.6 cm³/mol. The molecular formula is C10H8N4O2. The van der Waals surface area contributed by atoms with Gasteiger partial charge >= 0.3 is 5.97 Å². The van der Waals surface area contributed by atoms with Crippen LogP contribution in [0.25, 0.3) is 5.65 Å². The van der Waals surface area contributed by atoms with Crippen LogP contribution in [0.2, 0.25) is 0 Å². The lowest BCUT2D eigenvalue weighted by Crippen LogP contribution is -2.06. The third-order valence-electron chi connectivity index (χ3n) is 2.04. The molecule has 2 heterocycles. The first kappa shape index (κ1) is 10.1. The van der Waals surface area contributed by atoms with Gasteiger partial charge in [0.05, 0.1) is 5.69 Å². The van der Waals surface area contributed by atoms with Crippen molar-refractivity contribution < 1.29 is 9.53 Å². The fraction of sp³-hybridized carbons (Fsp3) is 0.200. The molecule has 16 heavy (non-hydrogen) atoms. The molecule has 0 radical (unpaired) electrons. The lowest BCUT2D eigenvalue weighted by atomic mass is 10.2. The molecule has 2 aromatic rings. The van der Waals surface area contributed by atoms with E-state index in [4.69, 9.17) is 10.00 Å². The standard InChI is InChI=1S/C10H8N4O2/c1-7-8(10(15)16-6-3-11)9-12-4-2-5-14(9)13-7/h2,4-5H,6H2,1H3. The molecule has 2 rings (SSSR count). The van der Waals surface area contributed by atoms with Gasteiger partial charge in [-0.15, -0.1) is 0 Å². The molecule has 0 spiro atoms. The molecule has 0 saturated heterocycles. The smallest absolute Gasteiger partial charge is 0.344 e. The summed E-state index contributed by atoms with van der Waals surface area (Å²) in [7, 11) is 0. The number of nitrogens with zero attached hydrogens (tertiary/aromatic N) is 4. The number of nitriles is 1. The minimum absolute atomic E-state index is 0.275. The van der Waals surface area contributed by atoms with Crippen molar-refractivity contribution >= 4 is 11.6 Å². The Morgan fingerprint density at radius 2 is 2.50 bits per heavy atom. The fourth-order valence-corrected chi connectivity index (χ4v) is 1.41. The van der Waals surface area contributed by atoms with E-state index in [-0.39, 0.29) is 6.61 Å². The van der Waals surface area contributed by atoms with Crippen LogP contribution in [0.15, 0.2) is 18.5 Å². The number of rotatable bonds is 2. The van der Waals surface area contributed by atoms with E-state index in [2.05, 4.69) is 10.1 Å². The first-order chi connectivity index (χ1) is 7.74. The van der Waals surface area contributed by atoms with Crippen molar-refractivity contribution in [3.8, 4) is 6.07 Å². The van der Waals surface area contributed by atoms with Crippen LogP contribution in [0.4, 0.5) is 0 Å². The van der Waals surface area contributed by atoms with E-state index in [0.29, 0.717) is 16.9 Å². The molecule has 0 N–H and O–H groups in total. The molecule has 0 aliphatic rings. The van der Waals surface area contributed by atoms with Gasteiger partial charge in [0.15, 0.2) is 12.3 Å². The molecule has 0 saturated carbocycles. The Balaban J connectivity index is 2.47. The van der Waals surface area contributed by atoms with Gasteiger partial charge in [0.25, 0.3) is 0 Å². The predicted octanol–water partition coefficient (Wildman–Crippen LogP) is 0.718. The Morgan fingerprint density at radius 1 is 1.69 bits per heavy atom. The van der Waals surface area contributed by atoms with Gasteiger partial charge < -0.3 is 4.74 Å². The summed E-state index contributed by atoms with van der Waals surface area (Å²) in [6.07, 6.45) is 3.26. The number of hydrogen-bond donors (Lipinski definition) is 0. The highest BCUT2D eigenvalue weighted by atomic mass is 16.5. The van der Waals surface area contributed by atoms with E-state index in [1.807, 2.05) is 0 Å². The maximum atomic E-state index is 11.6. The van der Waals surface area contributed by atoms with E-state index < -0.39 is 5.97 Å². The van der Waals surface area contributed by atoms with Gasteiger partial charge in [0.2, 0.25) is 0 Å². The Hall–Kier alpha value is -2.42. The zero-order chi connectivity index (χ0) is 11.5. The molecule has 0 bridgehead atoms. The van der Waals surface area contributed by atoms with E-state index in [0.717, 1.165) is 0 Å².